The minimum Gasteiger partial charge on any atom is -0.456 e. The van der Waals surface area contributed by atoms with Crippen LogP contribution in [0.2, 0.25) is 0 Å². The van der Waals surface area contributed by atoms with E-state index in [2.05, 4.69) is 164 Å². The highest BCUT2D eigenvalue weighted by atomic mass is 16.3. The molecular weight excluding hydrogens is 695 g/mol. The summed E-state index contributed by atoms with van der Waals surface area (Å²) in [6, 6.07) is 61.7. The topological polar surface area (TPSA) is 51.8 Å². The molecule has 4 nitrogen and oxygen atoms in total. The van der Waals surface area contributed by atoms with E-state index in [1.165, 1.54) is 43.8 Å². The fraction of sp³-hybridized carbons (Fsp3) is 0.0377. The summed E-state index contributed by atoms with van der Waals surface area (Å²) in [6.07, 6.45) is 7.57. The first-order valence-electron chi connectivity index (χ1n) is 19.5. The van der Waals surface area contributed by atoms with E-state index in [0.717, 1.165) is 56.4 Å². The molecule has 0 aliphatic heterocycles. The molecule has 0 saturated carbocycles. The lowest BCUT2D eigenvalue weighted by molar-refractivity contribution is 0.669. The molecule has 10 aromatic rings. The number of nitrogens with zero attached hydrogens (tertiary/aromatic N) is 3. The van der Waals surface area contributed by atoms with Gasteiger partial charge in [0.1, 0.15) is 17.0 Å². The summed E-state index contributed by atoms with van der Waals surface area (Å²) in [5, 5.41) is 7.01. The van der Waals surface area contributed by atoms with Crippen LogP contribution < -0.4 is 0 Å². The molecule has 0 spiro atoms. The SMILES string of the molecule is C1=CC(c2nc(-c3ccccc3)nc(-c3cc(-c4ccc(-c5ccccc5)c5ccccc45)c4c(c3)oc3ccccc34)n2)CC=C1c1cccc2ccccc12. The monoisotopic (exact) mass is 729 g/mol. The summed E-state index contributed by atoms with van der Waals surface area (Å²) in [5.41, 5.74) is 10.5. The normalized spacial score (nSPS) is 14.1. The molecule has 268 valence electrons. The molecule has 1 unspecified atom stereocenters. The van der Waals surface area contributed by atoms with Crippen LogP contribution in [0.3, 0.4) is 0 Å². The Labute approximate surface area is 330 Å². The maximum absolute atomic E-state index is 6.64. The number of furan rings is 1. The van der Waals surface area contributed by atoms with E-state index in [1.54, 1.807) is 0 Å². The Morgan fingerprint density at radius 1 is 0.439 bits per heavy atom. The van der Waals surface area contributed by atoms with Crippen LogP contribution in [0.1, 0.15) is 23.7 Å². The fourth-order valence-electron chi connectivity index (χ4n) is 8.49. The molecule has 0 fully saturated rings. The molecule has 0 amide bonds. The minimum atomic E-state index is -0.0168. The smallest absolute Gasteiger partial charge is 0.163 e. The third kappa shape index (κ3) is 5.82. The van der Waals surface area contributed by atoms with Crippen LogP contribution in [-0.4, -0.2) is 15.0 Å². The molecule has 57 heavy (non-hydrogen) atoms. The van der Waals surface area contributed by atoms with Crippen LogP contribution in [0, 0.1) is 0 Å². The molecule has 1 atom stereocenters. The predicted octanol–water partition coefficient (Wildman–Crippen LogP) is 13.9. The van der Waals surface area contributed by atoms with Gasteiger partial charge in [0, 0.05) is 27.8 Å². The molecule has 1 aliphatic carbocycles. The van der Waals surface area contributed by atoms with Crippen molar-refractivity contribution in [2.75, 3.05) is 0 Å². The molecule has 0 N–H and O–H groups in total. The quantitative estimate of drug-likeness (QED) is 0.171. The molecule has 11 rings (SSSR count). The highest BCUT2D eigenvalue weighted by Crippen LogP contribution is 2.44. The summed E-state index contributed by atoms with van der Waals surface area (Å²) >= 11 is 0. The van der Waals surface area contributed by atoms with Crippen molar-refractivity contribution in [3.63, 3.8) is 0 Å². The Balaban J connectivity index is 1.08. The maximum atomic E-state index is 6.64. The third-order valence-corrected chi connectivity index (χ3v) is 11.3. The molecule has 0 saturated heterocycles. The number of allylic oxidation sites excluding steroid dienone is 4. The van der Waals surface area contributed by atoms with Gasteiger partial charge < -0.3 is 4.42 Å². The zero-order valence-electron chi connectivity index (χ0n) is 31.0. The van der Waals surface area contributed by atoms with Gasteiger partial charge in [0.25, 0.3) is 0 Å². The molecule has 2 heterocycles. The average molecular weight is 730 g/mol. The maximum Gasteiger partial charge on any atom is 0.163 e. The van der Waals surface area contributed by atoms with E-state index in [-0.39, 0.29) is 5.92 Å². The lowest BCUT2D eigenvalue weighted by Gasteiger charge is -2.18. The number of hydrogen-bond donors (Lipinski definition) is 0. The van der Waals surface area contributed by atoms with Gasteiger partial charge in [-0.15, -0.1) is 0 Å². The summed E-state index contributed by atoms with van der Waals surface area (Å²) in [5.74, 6) is 1.99. The first-order chi connectivity index (χ1) is 28.2. The van der Waals surface area contributed by atoms with E-state index in [1.807, 2.05) is 30.3 Å². The van der Waals surface area contributed by atoms with Crippen molar-refractivity contribution in [3.8, 4) is 45.0 Å². The zero-order valence-corrected chi connectivity index (χ0v) is 31.0. The number of hydrogen-bond acceptors (Lipinski definition) is 4. The third-order valence-electron chi connectivity index (χ3n) is 11.3. The average Bonchev–Trinajstić information content (AvgIpc) is 3.67. The van der Waals surface area contributed by atoms with Gasteiger partial charge in [0.05, 0.1) is 0 Å². The van der Waals surface area contributed by atoms with Crippen LogP contribution in [0.4, 0.5) is 0 Å². The molecule has 4 heteroatoms. The summed E-state index contributed by atoms with van der Waals surface area (Å²) < 4.78 is 6.64. The van der Waals surface area contributed by atoms with Crippen LogP contribution in [0.5, 0.6) is 0 Å². The van der Waals surface area contributed by atoms with E-state index in [9.17, 15) is 0 Å². The van der Waals surface area contributed by atoms with E-state index in [4.69, 9.17) is 19.4 Å². The number of fused-ring (bicyclic) bond motifs is 5. The van der Waals surface area contributed by atoms with Crippen molar-refractivity contribution in [1.82, 2.24) is 15.0 Å². The Bertz CT molecular complexity index is 3210. The van der Waals surface area contributed by atoms with Crippen molar-refractivity contribution < 1.29 is 4.42 Å². The van der Waals surface area contributed by atoms with Gasteiger partial charge in [0.2, 0.25) is 0 Å². The van der Waals surface area contributed by atoms with E-state index >= 15 is 0 Å². The highest BCUT2D eigenvalue weighted by Gasteiger charge is 2.22. The van der Waals surface area contributed by atoms with Crippen molar-refractivity contribution in [1.29, 1.82) is 0 Å². The van der Waals surface area contributed by atoms with Crippen molar-refractivity contribution in [3.05, 3.63) is 206 Å². The Hall–Kier alpha value is -7.43. The molecule has 0 bridgehead atoms. The first kappa shape index (κ1) is 33.0. The van der Waals surface area contributed by atoms with Crippen LogP contribution in [-0.2, 0) is 0 Å². The molecular formula is C53H35N3O. The van der Waals surface area contributed by atoms with Crippen molar-refractivity contribution >= 4 is 49.1 Å². The molecule has 2 aromatic heterocycles. The number of rotatable bonds is 6. The van der Waals surface area contributed by atoms with Crippen LogP contribution in [0.15, 0.2) is 199 Å². The summed E-state index contributed by atoms with van der Waals surface area (Å²) in [7, 11) is 0. The first-order valence-corrected chi connectivity index (χ1v) is 19.5. The van der Waals surface area contributed by atoms with Gasteiger partial charge in [-0.3, -0.25) is 0 Å². The molecule has 8 aromatic carbocycles. The van der Waals surface area contributed by atoms with E-state index < -0.39 is 0 Å². The number of aromatic nitrogens is 3. The predicted molar refractivity (Wildman–Crippen MR) is 235 cm³/mol. The van der Waals surface area contributed by atoms with E-state index in [0.29, 0.717) is 11.6 Å². The standard InChI is InChI=1S/C53H35N3O/c1-3-14-34(15-4-1)42-30-31-45(44-22-10-9-21-43(42)44)47-32-39(33-49-50(47)46-23-11-12-25-48(46)57-49)53-55-51(37-17-5-2-6-18-37)54-52(56-53)38-28-26-36(27-29-38)41-24-13-19-35-16-7-8-20-40(35)41/h1-28,30-33,38H,29H2. The van der Waals surface area contributed by atoms with Crippen LogP contribution >= 0.6 is 0 Å². The van der Waals surface area contributed by atoms with Gasteiger partial charge in [-0.2, -0.15) is 0 Å². The largest absolute Gasteiger partial charge is 0.456 e. The number of para-hydroxylation sites is 1. The van der Waals surface area contributed by atoms with Crippen molar-refractivity contribution in [2.24, 2.45) is 0 Å². The van der Waals surface area contributed by atoms with Gasteiger partial charge in [0.15, 0.2) is 11.6 Å². The molecule has 0 radical (unpaired) electrons. The second-order valence-electron chi connectivity index (χ2n) is 14.7. The Morgan fingerprint density at radius 3 is 1.84 bits per heavy atom. The van der Waals surface area contributed by atoms with Gasteiger partial charge in [-0.1, -0.05) is 176 Å². The summed E-state index contributed by atoms with van der Waals surface area (Å²) in [6.45, 7) is 0. The zero-order chi connectivity index (χ0) is 37.7. The lowest BCUT2D eigenvalue weighted by Crippen LogP contribution is -2.08. The van der Waals surface area contributed by atoms with Crippen molar-refractivity contribution in [2.45, 2.75) is 12.3 Å². The lowest BCUT2D eigenvalue weighted by atomic mass is 9.89. The Kier molecular flexibility index (Phi) is 7.92. The molecule has 1 aliphatic rings. The fourth-order valence-corrected chi connectivity index (χ4v) is 8.49. The Morgan fingerprint density at radius 2 is 1.07 bits per heavy atom. The summed E-state index contributed by atoms with van der Waals surface area (Å²) in [4.78, 5) is 15.6. The second kappa shape index (κ2) is 13.7. The number of benzene rings is 8. The minimum absolute atomic E-state index is 0.0168. The van der Waals surface area contributed by atoms with Gasteiger partial charge >= 0.3 is 0 Å². The second-order valence-corrected chi connectivity index (χ2v) is 14.7. The van der Waals surface area contributed by atoms with Gasteiger partial charge in [-0.05, 0) is 79.6 Å². The van der Waals surface area contributed by atoms with Crippen LogP contribution in [0.25, 0.3) is 94.1 Å². The highest BCUT2D eigenvalue weighted by molar-refractivity contribution is 6.17. The van der Waals surface area contributed by atoms with Gasteiger partial charge in [-0.25, -0.2) is 15.0 Å².